The third-order valence-electron chi connectivity index (χ3n) is 5.32. The van der Waals surface area contributed by atoms with Gasteiger partial charge in [-0.2, -0.15) is 0 Å². The summed E-state index contributed by atoms with van der Waals surface area (Å²) in [5, 5.41) is 10.8. The molecule has 34 heavy (non-hydrogen) atoms. The number of hydrogen-bond acceptors (Lipinski definition) is 6. The third kappa shape index (κ3) is 4.86. The summed E-state index contributed by atoms with van der Waals surface area (Å²) in [5.41, 5.74) is 4.16. The lowest BCUT2D eigenvalue weighted by molar-refractivity contribution is -0.384. The van der Waals surface area contributed by atoms with E-state index in [1.54, 1.807) is 34.9 Å². The lowest BCUT2D eigenvalue weighted by atomic mass is 10.2. The van der Waals surface area contributed by atoms with Crippen LogP contribution < -0.4 is 0 Å². The topological polar surface area (TPSA) is 68.4 Å². The zero-order valence-corrected chi connectivity index (χ0v) is 21.0. The van der Waals surface area contributed by atoms with Crippen LogP contribution in [-0.4, -0.2) is 31.2 Å². The molecule has 0 saturated carbocycles. The highest BCUT2D eigenvalue weighted by atomic mass is 32.2. The number of carbonyl (C=O) groups excluding carboxylic acids is 1. The minimum absolute atomic E-state index is 0.0805. The molecule has 9 heteroatoms. The number of nitro groups is 1. The second-order valence-electron chi connectivity index (χ2n) is 7.59. The van der Waals surface area contributed by atoms with Crippen LogP contribution in [0.25, 0.3) is 11.8 Å². The van der Waals surface area contributed by atoms with Crippen LogP contribution in [0, 0.1) is 24.0 Å². The van der Waals surface area contributed by atoms with Crippen molar-refractivity contribution in [1.29, 1.82) is 0 Å². The first kappa shape index (κ1) is 24.0. The van der Waals surface area contributed by atoms with Gasteiger partial charge in [-0.25, -0.2) is 0 Å². The number of thioether (sulfide) groups is 1. The Balaban J connectivity index is 1.55. The van der Waals surface area contributed by atoms with E-state index >= 15 is 0 Å². The van der Waals surface area contributed by atoms with Crippen molar-refractivity contribution in [1.82, 2.24) is 9.47 Å². The number of amides is 1. The summed E-state index contributed by atoms with van der Waals surface area (Å²) in [4.78, 5) is 27.2. The van der Waals surface area contributed by atoms with Gasteiger partial charge in [0.2, 0.25) is 0 Å². The van der Waals surface area contributed by atoms with Crippen molar-refractivity contribution in [2.45, 2.75) is 23.6 Å². The Morgan fingerprint density at radius 3 is 2.32 bits per heavy atom. The van der Waals surface area contributed by atoms with Crippen molar-refractivity contribution in [2.75, 3.05) is 6.54 Å². The number of non-ortho nitro benzene ring substituents is 1. The lowest BCUT2D eigenvalue weighted by Gasteiger charge is -2.11. The number of aryl methyl sites for hydroxylation is 1. The summed E-state index contributed by atoms with van der Waals surface area (Å²) in [6.45, 7) is 8.17. The normalized spacial score (nSPS) is 14.8. The predicted molar refractivity (Wildman–Crippen MR) is 143 cm³/mol. The molecule has 0 unspecified atom stereocenters. The van der Waals surface area contributed by atoms with E-state index in [2.05, 4.69) is 17.2 Å². The van der Waals surface area contributed by atoms with Gasteiger partial charge in [0.05, 0.1) is 9.83 Å². The molecule has 1 amide bonds. The highest BCUT2D eigenvalue weighted by Crippen LogP contribution is 2.34. The fourth-order valence-electron chi connectivity index (χ4n) is 3.69. The Hall–Kier alpha value is -3.14. The molecule has 0 radical (unpaired) electrons. The number of aromatic nitrogens is 1. The molecule has 1 aromatic heterocycles. The van der Waals surface area contributed by atoms with Gasteiger partial charge in [-0.15, -0.1) is 6.58 Å². The zero-order chi connectivity index (χ0) is 24.4. The SMILES string of the molecule is C=CCN1C(=O)/C(=C/c2cc(C)n(-c3ccc(Sc4ccc([N+](=O)[O-])cc4)cc3)c2C)SC1=S. The molecule has 0 spiro atoms. The molecule has 1 aliphatic rings. The molecule has 0 atom stereocenters. The van der Waals surface area contributed by atoms with E-state index in [1.165, 1.54) is 23.9 Å². The van der Waals surface area contributed by atoms with Crippen LogP contribution in [0.1, 0.15) is 17.0 Å². The molecule has 6 nitrogen and oxygen atoms in total. The monoisotopic (exact) mass is 507 g/mol. The summed E-state index contributed by atoms with van der Waals surface area (Å²) in [6, 6.07) is 16.7. The average molecular weight is 508 g/mol. The van der Waals surface area contributed by atoms with Crippen molar-refractivity contribution < 1.29 is 9.72 Å². The summed E-state index contributed by atoms with van der Waals surface area (Å²) >= 11 is 8.19. The number of nitro benzene ring substituents is 1. The van der Waals surface area contributed by atoms with E-state index in [0.29, 0.717) is 15.8 Å². The molecule has 0 bridgehead atoms. The molecule has 0 aliphatic carbocycles. The second-order valence-corrected chi connectivity index (χ2v) is 10.4. The Morgan fingerprint density at radius 1 is 1.12 bits per heavy atom. The molecule has 1 fully saturated rings. The van der Waals surface area contributed by atoms with E-state index in [4.69, 9.17) is 12.2 Å². The predicted octanol–water partition coefficient (Wildman–Crippen LogP) is 6.54. The maximum atomic E-state index is 12.7. The standard InChI is InChI=1S/C25H21N3O3S3/c1-4-13-26-24(29)23(34-25(26)32)15-18-14-16(2)27(17(18)3)19-5-9-21(10-6-19)33-22-11-7-20(8-12-22)28(30)31/h4-12,14-15H,1,13H2,2-3H3/b23-15-. The van der Waals surface area contributed by atoms with Crippen molar-refractivity contribution >= 4 is 57.7 Å². The summed E-state index contributed by atoms with van der Waals surface area (Å²) < 4.78 is 2.70. The molecule has 1 saturated heterocycles. The van der Waals surface area contributed by atoms with Gasteiger partial charge in [-0.1, -0.05) is 41.8 Å². The van der Waals surface area contributed by atoms with Crippen molar-refractivity contribution in [2.24, 2.45) is 0 Å². The molecule has 0 N–H and O–H groups in total. The molecule has 2 heterocycles. The Bertz CT molecular complexity index is 1330. The van der Waals surface area contributed by atoms with Gasteiger partial charge in [-0.05, 0) is 68.0 Å². The molecule has 3 aromatic rings. The first-order chi connectivity index (χ1) is 16.3. The van der Waals surface area contributed by atoms with Crippen LogP contribution >= 0.6 is 35.7 Å². The summed E-state index contributed by atoms with van der Waals surface area (Å²) in [5.74, 6) is -0.0904. The van der Waals surface area contributed by atoms with Gasteiger partial charge < -0.3 is 4.57 Å². The maximum Gasteiger partial charge on any atom is 0.269 e. The lowest BCUT2D eigenvalue weighted by Crippen LogP contribution is -2.27. The number of hydrogen-bond donors (Lipinski definition) is 0. The van der Waals surface area contributed by atoms with Crippen molar-refractivity contribution in [3.05, 3.63) is 99.2 Å². The smallest absolute Gasteiger partial charge is 0.269 e. The fourth-order valence-corrected chi connectivity index (χ4v) is 5.78. The van der Waals surface area contributed by atoms with Gasteiger partial charge in [0, 0.05) is 45.5 Å². The van der Waals surface area contributed by atoms with Crippen molar-refractivity contribution in [3.63, 3.8) is 0 Å². The first-order valence-electron chi connectivity index (χ1n) is 10.4. The van der Waals surface area contributed by atoms with Gasteiger partial charge in [0.1, 0.15) is 4.32 Å². The van der Waals surface area contributed by atoms with Crippen LogP contribution in [0.4, 0.5) is 5.69 Å². The van der Waals surface area contributed by atoms with E-state index in [-0.39, 0.29) is 11.6 Å². The highest BCUT2D eigenvalue weighted by Gasteiger charge is 2.31. The van der Waals surface area contributed by atoms with Crippen LogP contribution in [0.15, 0.2) is 81.9 Å². The molecule has 172 valence electrons. The highest BCUT2D eigenvalue weighted by molar-refractivity contribution is 8.26. The molecule has 4 rings (SSSR count). The number of carbonyl (C=O) groups is 1. The minimum Gasteiger partial charge on any atom is -0.318 e. The molecular formula is C25H21N3O3S3. The molecule has 1 aliphatic heterocycles. The van der Waals surface area contributed by atoms with Crippen LogP contribution in [-0.2, 0) is 4.79 Å². The van der Waals surface area contributed by atoms with Gasteiger partial charge >= 0.3 is 0 Å². The molecule has 2 aromatic carbocycles. The second kappa shape index (κ2) is 10.0. The fraction of sp³-hybridized carbons (Fsp3) is 0.120. The van der Waals surface area contributed by atoms with Crippen LogP contribution in [0.2, 0.25) is 0 Å². The first-order valence-corrected chi connectivity index (χ1v) is 12.4. The van der Waals surface area contributed by atoms with Gasteiger partial charge in [0.25, 0.3) is 11.6 Å². The number of thiocarbonyl (C=S) groups is 1. The minimum atomic E-state index is -0.401. The van der Waals surface area contributed by atoms with E-state index < -0.39 is 4.92 Å². The van der Waals surface area contributed by atoms with E-state index in [1.807, 2.05) is 44.2 Å². The Kier molecular flexibility index (Phi) is 7.06. The largest absolute Gasteiger partial charge is 0.318 e. The van der Waals surface area contributed by atoms with Gasteiger partial charge in [0.15, 0.2) is 0 Å². The quantitative estimate of drug-likeness (QED) is 0.119. The zero-order valence-electron chi connectivity index (χ0n) is 18.6. The van der Waals surface area contributed by atoms with E-state index in [0.717, 1.165) is 32.4 Å². The van der Waals surface area contributed by atoms with Crippen LogP contribution in [0.5, 0.6) is 0 Å². The van der Waals surface area contributed by atoms with Crippen molar-refractivity contribution in [3.8, 4) is 5.69 Å². The Labute approximate surface area is 211 Å². The van der Waals surface area contributed by atoms with Gasteiger partial charge in [-0.3, -0.25) is 19.8 Å². The number of rotatable bonds is 7. The summed E-state index contributed by atoms with van der Waals surface area (Å²) in [6.07, 6.45) is 3.57. The van der Waals surface area contributed by atoms with E-state index in [9.17, 15) is 14.9 Å². The number of benzene rings is 2. The maximum absolute atomic E-state index is 12.7. The Morgan fingerprint density at radius 2 is 1.74 bits per heavy atom. The van der Waals surface area contributed by atoms with Crippen LogP contribution in [0.3, 0.4) is 0 Å². The third-order valence-corrected chi connectivity index (χ3v) is 7.71. The summed E-state index contributed by atoms with van der Waals surface area (Å²) in [7, 11) is 0. The average Bonchev–Trinajstić information content (AvgIpc) is 3.24. The number of nitrogens with zero attached hydrogens (tertiary/aromatic N) is 3. The molecular weight excluding hydrogens is 486 g/mol.